The van der Waals surface area contributed by atoms with Crippen LogP contribution in [0.1, 0.15) is 12.5 Å². The second-order valence-corrected chi connectivity index (χ2v) is 4.77. The molecule has 4 nitrogen and oxygen atoms in total. The van der Waals surface area contributed by atoms with Crippen molar-refractivity contribution in [1.82, 2.24) is 4.90 Å². The van der Waals surface area contributed by atoms with Crippen LogP contribution in [0.15, 0.2) is 54.6 Å². The maximum absolute atomic E-state index is 12.8. The van der Waals surface area contributed by atoms with Gasteiger partial charge in [0.05, 0.1) is 0 Å². The molecule has 114 valence electrons. The summed E-state index contributed by atoms with van der Waals surface area (Å²) in [5, 5.41) is 2.47. The van der Waals surface area contributed by atoms with E-state index in [1.807, 2.05) is 37.3 Å². The molecule has 2 aromatic rings. The van der Waals surface area contributed by atoms with Crippen LogP contribution in [0.3, 0.4) is 0 Å². The van der Waals surface area contributed by atoms with Crippen molar-refractivity contribution in [2.24, 2.45) is 0 Å². The first-order valence-corrected chi connectivity index (χ1v) is 7.00. The third kappa shape index (κ3) is 4.15. The number of amides is 2. The zero-order valence-corrected chi connectivity index (χ0v) is 12.3. The highest BCUT2D eigenvalue weighted by atomic mass is 19.1. The van der Waals surface area contributed by atoms with Gasteiger partial charge in [-0.3, -0.25) is 9.59 Å². The summed E-state index contributed by atoms with van der Waals surface area (Å²) in [5.74, 6) is -1.75. The minimum Gasteiger partial charge on any atom is -0.330 e. The normalized spacial score (nSPS) is 10.1. The Morgan fingerprint density at radius 2 is 1.68 bits per heavy atom. The number of carbonyl (C=O) groups is 2. The van der Waals surface area contributed by atoms with Gasteiger partial charge < -0.3 is 10.2 Å². The van der Waals surface area contributed by atoms with Crippen molar-refractivity contribution in [3.05, 3.63) is 66.0 Å². The van der Waals surface area contributed by atoms with Crippen LogP contribution in [0.2, 0.25) is 0 Å². The number of carbonyl (C=O) groups excluding carboxylic acids is 2. The van der Waals surface area contributed by atoms with Crippen molar-refractivity contribution >= 4 is 17.5 Å². The third-order valence-corrected chi connectivity index (χ3v) is 3.18. The Labute approximate surface area is 128 Å². The maximum Gasteiger partial charge on any atom is 0.313 e. The molecule has 2 aromatic carbocycles. The minimum absolute atomic E-state index is 0.368. The topological polar surface area (TPSA) is 49.4 Å². The molecule has 1 N–H and O–H groups in total. The van der Waals surface area contributed by atoms with Gasteiger partial charge in [0.15, 0.2) is 0 Å². The summed E-state index contributed by atoms with van der Waals surface area (Å²) in [5.41, 5.74) is 1.34. The molecular formula is C17H17FN2O2. The first kappa shape index (κ1) is 15.7. The van der Waals surface area contributed by atoms with Crippen LogP contribution in [-0.4, -0.2) is 23.3 Å². The smallest absolute Gasteiger partial charge is 0.313 e. The van der Waals surface area contributed by atoms with Crippen LogP contribution in [0, 0.1) is 5.82 Å². The van der Waals surface area contributed by atoms with Crippen molar-refractivity contribution in [3.63, 3.8) is 0 Å². The highest BCUT2D eigenvalue weighted by Crippen LogP contribution is 2.09. The molecule has 0 heterocycles. The van der Waals surface area contributed by atoms with Gasteiger partial charge in [-0.15, -0.1) is 0 Å². The molecule has 0 bridgehead atoms. The molecule has 0 fully saturated rings. The summed E-state index contributed by atoms with van der Waals surface area (Å²) in [6.07, 6.45) is 0. The molecule has 0 aromatic heterocycles. The van der Waals surface area contributed by atoms with E-state index in [0.717, 1.165) is 5.56 Å². The molecule has 0 saturated carbocycles. The van der Waals surface area contributed by atoms with Crippen molar-refractivity contribution in [2.75, 3.05) is 11.9 Å². The predicted octanol–water partition coefficient (Wildman–Crippen LogP) is 2.81. The molecule has 0 aliphatic heterocycles. The van der Waals surface area contributed by atoms with Crippen LogP contribution >= 0.6 is 0 Å². The van der Waals surface area contributed by atoms with E-state index in [0.29, 0.717) is 18.8 Å². The second kappa shape index (κ2) is 7.36. The van der Waals surface area contributed by atoms with E-state index < -0.39 is 17.6 Å². The average molecular weight is 300 g/mol. The number of hydrogen-bond donors (Lipinski definition) is 1. The summed E-state index contributed by atoms with van der Waals surface area (Å²) >= 11 is 0. The van der Waals surface area contributed by atoms with E-state index >= 15 is 0 Å². The van der Waals surface area contributed by atoms with Gasteiger partial charge in [-0.1, -0.05) is 30.3 Å². The molecule has 5 heteroatoms. The number of benzene rings is 2. The molecule has 2 rings (SSSR count). The molecule has 0 spiro atoms. The molecule has 0 aliphatic rings. The Bertz CT molecular complexity index is 641. The Kier molecular flexibility index (Phi) is 5.25. The number of anilines is 1. The largest absolute Gasteiger partial charge is 0.330 e. The lowest BCUT2D eigenvalue weighted by Gasteiger charge is -2.20. The molecular weight excluding hydrogens is 283 g/mol. The van der Waals surface area contributed by atoms with Gasteiger partial charge in [0.1, 0.15) is 5.82 Å². The molecule has 0 saturated heterocycles. The van der Waals surface area contributed by atoms with Gasteiger partial charge in [-0.05, 0) is 36.8 Å². The van der Waals surface area contributed by atoms with Gasteiger partial charge >= 0.3 is 11.8 Å². The van der Waals surface area contributed by atoms with Crippen LogP contribution < -0.4 is 5.32 Å². The monoisotopic (exact) mass is 300 g/mol. The summed E-state index contributed by atoms with van der Waals surface area (Å²) in [6.45, 7) is 2.60. The van der Waals surface area contributed by atoms with E-state index in [9.17, 15) is 14.0 Å². The summed E-state index contributed by atoms with van der Waals surface area (Å²) in [6, 6.07) is 14.7. The van der Waals surface area contributed by atoms with Crippen LogP contribution in [0.4, 0.5) is 10.1 Å². The number of likely N-dealkylation sites (N-methyl/N-ethyl adjacent to an activating group) is 1. The Morgan fingerprint density at radius 3 is 2.27 bits per heavy atom. The second-order valence-electron chi connectivity index (χ2n) is 4.77. The van der Waals surface area contributed by atoms with Crippen LogP contribution in [0.5, 0.6) is 0 Å². The van der Waals surface area contributed by atoms with Crippen molar-refractivity contribution in [2.45, 2.75) is 13.5 Å². The number of nitrogens with one attached hydrogen (secondary N) is 1. The molecule has 0 unspecified atom stereocenters. The fourth-order valence-corrected chi connectivity index (χ4v) is 1.99. The minimum atomic E-state index is -0.732. The molecule has 0 atom stereocenters. The zero-order valence-electron chi connectivity index (χ0n) is 12.3. The van der Waals surface area contributed by atoms with Gasteiger partial charge in [0.25, 0.3) is 0 Å². The number of halogens is 1. The van der Waals surface area contributed by atoms with E-state index in [1.54, 1.807) is 0 Å². The van der Waals surface area contributed by atoms with Gasteiger partial charge in [-0.25, -0.2) is 4.39 Å². The molecule has 2 amide bonds. The zero-order chi connectivity index (χ0) is 15.9. The van der Waals surface area contributed by atoms with E-state index in [-0.39, 0.29) is 0 Å². The Hall–Kier alpha value is -2.69. The first-order chi connectivity index (χ1) is 10.6. The standard InChI is InChI=1S/C17H17FN2O2/c1-2-20(12-13-6-4-3-5-7-13)17(22)16(21)19-15-10-8-14(18)9-11-15/h3-11H,2,12H2,1H3,(H,19,21). The van der Waals surface area contributed by atoms with Gasteiger partial charge in [-0.2, -0.15) is 0 Å². The average Bonchev–Trinajstić information content (AvgIpc) is 2.55. The quantitative estimate of drug-likeness (QED) is 0.883. The molecule has 0 radical (unpaired) electrons. The fourth-order valence-electron chi connectivity index (χ4n) is 1.99. The van der Waals surface area contributed by atoms with Crippen LogP contribution in [0.25, 0.3) is 0 Å². The lowest BCUT2D eigenvalue weighted by Crippen LogP contribution is -2.39. The Morgan fingerprint density at radius 1 is 1.05 bits per heavy atom. The fraction of sp³-hybridized carbons (Fsp3) is 0.176. The lowest BCUT2D eigenvalue weighted by molar-refractivity contribution is -0.143. The SMILES string of the molecule is CCN(Cc1ccccc1)C(=O)C(=O)Nc1ccc(F)cc1. The van der Waals surface area contributed by atoms with Gasteiger partial charge in [0.2, 0.25) is 0 Å². The van der Waals surface area contributed by atoms with Crippen molar-refractivity contribution in [1.29, 1.82) is 0 Å². The first-order valence-electron chi connectivity index (χ1n) is 7.00. The number of rotatable bonds is 4. The maximum atomic E-state index is 12.8. The van der Waals surface area contributed by atoms with E-state index in [2.05, 4.69) is 5.32 Å². The summed E-state index contributed by atoms with van der Waals surface area (Å²) < 4.78 is 12.8. The number of hydrogen-bond acceptors (Lipinski definition) is 2. The van der Waals surface area contributed by atoms with Crippen LogP contribution in [-0.2, 0) is 16.1 Å². The van der Waals surface area contributed by atoms with Crippen molar-refractivity contribution in [3.8, 4) is 0 Å². The third-order valence-electron chi connectivity index (χ3n) is 3.18. The van der Waals surface area contributed by atoms with E-state index in [4.69, 9.17) is 0 Å². The van der Waals surface area contributed by atoms with Gasteiger partial charge in [0, 0.05) is 18.8 Å². The highest BCUT2D eigenvalue weighted by Gasteiger charge is 2.20. The molecule has 0 aliphatic carbocycles. The lowest BCUT2D eigenvalue weighted by atomic mass is 10.2. The van der Waals surface area contributed by atoms with Crippen molar-refractivity contribution < 1.29 is 14.0 Å². The highest BCUT2D eigenvalue weighted by molar-refractivity contribution is 6.39. The predicted molar refractivity (Wildman–Crippen MR) is 82.6 cm³/mol. The molecule has 22 heavy (non-hydrogen) atoms. The number of nitrogens with zero attached hydrogens (tertiary/aromatic N) is 1. The summed E-state index contributed by atoms with van der Waals surface area (Å²) in [4.78, 5) is 25.6. The Balaban J connectivity index is 2.01. The summed E-state index contributed by atoms with van der Waals surface area (Å²) in [7, 11) is 0. The van der Waals surface area contributed by atoms with E-state index in [1.165, 1.54) is 29.2 Å².